The maximum Gasteiger partial charge on any atom is 0.475 e. The first-order chi connectivity index (χ1) is 30.2. The van der Waals surface area contributed by atoms with Crippen LogP contribution in [-0.2, 0) is 45.7 Å². The first-order valence-electron chi connectivity index (χ1n) is 19.0. The van der Waals surface area contributed by atoms with Gasteiger partial charge in [0.15, 0.2) is 22.9 Å². The van der Waals surface area contributed by atoms with E-state index in [1.165, 1.54) is 68.5 Å². The fraction of sp³-hybridized carbons (Fsp3) is 0.412. The van der Waals surface area contributed by atoms with Gasteiger partial charge in [-0.3, -0.25) is 36.3 Å². The molecule has 3 aliphatic rings. The number of pyridine rings is 2. The molecule has 328 valence electrons. The van der Waals surface area contributed by atoms with Crippen LogP contribution in [0, 0.1) is 0 Å². The molecule has 8 atom stereocenters. The van der Waals surface area contributed by atoms with Gasteiger partial charge in [0.1, 0.15) is 70.6 Å². The number of fused-ring (bicyclic) bond motifs is 4. The first kappa shape index (κ1) is 43.8. The monoisotopic (exact) mass is 964 g/mol. The second-order valence-corrected chi connectivity index (χ2v) is 21.6. The van der Waals surface area contributed by atoms with Crippen LogP contribution >= 0.6 is 58.8 Å². The van der Waals surface area contributed by atoms with Crippen LogP contribution in [0.1, 0.15) is 25.3 Å². The highest BCUT2D eigenvalue weighted by molar-refractivity contribution is 8.77. The van der Waals surface area contributed by atoms with Crippen LogP contribution in [0.5, 0.6) is 0 Å². The van der Waals surface area contributed by atoms with Gasteiger partial charge in [-0.05, 0) is 45.9 Å². The van der Waals surface area contributed by atoms with Gasteiger partial charge in [0.25, 0.3) is 0 Å². The highest BCUT2D eigenvalue weighted by atomic mass is 33.1. The second kappa shape index (κ2) is 19.7. The predicted octanol–water partition coefficient (Wildman–Crippen LogP) is 6.14. The fourth-order valence-corrected chi connectivity index (χ4v) is 13.1. The molecule has 9 heterocycles. The molecule has 6 aromatic heterocycles. The normalized spacial score (nSPS) is 28.1. The SMILES string of the molecule is Nc1ncnc2c1ncn2[C@H]1C[C@H]2OP(=O)(OCCSSc3ccccn3)OCC3O[C@@H](n4cnc5c(N)ncnc54)C[C@H]3OP(=O)(OCCSSc3ccccn3)OCC2O1. The van der Waals surface area contributed by atoms with E-state index in [9.17, 15) is 9.13 Å². The van der Waals surface area contributed by atoms with Gasteiger partial charge in [0.2, 0.25) is 0 Å². The molecule has 0 amide bonds. The number of nitrogen functional groups attached to an aromatic ring is 2. The topological polar surface area (TPSA) is 273 Å². The lowest BCUT2D eigenvalue weighted by atomic mass is 10.2. The third-order valence-electron chi connectivity index (χ3n) is 9.47. The lowest BCUT2D eigenvalue weighted by Gasteiger charge is -2.29. The summed E-state index contributed by atoms with van der Waals surface area (Å²) in [7, 11) is -3.02. The maximum atomic E-state index is 14.8. The molecule has 28 heteroatoms. The minimum Gasteiger partial charge on any atom is -0.382 e. The number of imidazole rings is 2. The van der Waals surface area contributed by atoms with E-state index < -0.39 is 52.5 Å². The number of anilines is 2. The minimum absolute atomic E-state index is 0.0157. The average Bonchev–Trinajstić information content (AvgIpc) is 4.08. The lowest BCUT2D eigenvalue weighted by molar-refractivity contribution is -0.0699. The van der Waals surface area contributed by atoms with Crippen molar-refractivity contribution < 1.29 is 45.7 Å². The van der Waals surface area contributed by atoms with Crippen molar-refractivity contribution in [3.63, 3.8) is 0 Å². The molecule has 3 fully saturated rings. The van der Waals surface area contributed by atoms with E-state index in [4.69, 9.17) is 48.1 Å². The third kappa shape index (κ3) is 10.2. The van der Waals surface area contributed by atoms with Gasteiger partial charge in [-0.2, -0.15) is 0 Å². The average molecular weight is 965 g/mol. The van der Waals surface area contributed by atoms with E-state index in [0.717, 1.165) is 10.1 Å². The van der Waals surface area contributed by atoms with Crippen LogP contribution < -0.4 is 11.5 Å². The summed E-state index contributed by atoms with van der Waals surface area (Å²) in [6.45, 7) is -0.784. The molecule has 0 saturated carbocycles. The minimum atomic E-state index is -4.41. The van der Waals surface area contributed by atoms with Gasteiger partial charge in [-0.25, -0.2) is 49.0 Å². The number of phosphoric ester groups is 2. The molecule has 3 saturated heterocycles. The molecule has 0 spiro atoms. The molecule has 0 bridgehead atoms. The molecule has 0 aromatic carbocycles. The summed E-state index contributed by atoms with van der Waals surface area (Å²) in [5, 5.41) is 1.61. The zero-order valence-electron chi connectivity index (χ0n) is 32.3. The summed E-state index contributed by atoms with van der Waals surface area (Å²) >= 11 is 0. The van der Waals surface area contributed by atoms with Crippen molar-refractivity contribution in [1.29, 1.82) is 0 Å². The molecule has 4 unspecified atom stereocenters. The lowest BCUT2D eigenvalue weighted by Crippen LogP contribution is -2.33. The van der Waals surface area contributed by atoms with E-state index in [1.807, 2.05) is 36.4 Å². The molecule has 6 aromatic rings. The Morgan fingerprint density at radius 2 is 1.10 bits per heavy atom. The van der Waals surface area contributed by atoms with Crippen LogP contribution in [0.2, 0.25) is 0 Å². The van der Waals surface area contributed by atoms with Crippen molar-refractivity contribution in [3.8, 4) is 0 Å². The van der Waals surface area contributed by atoms with E-state index in [-0.39, 0.29) is 50.9 Å². The van der Waals surface area contributed by atoms with Crippen LogP contribution in [0.25, 0.3) is 22.3 Å². The van der Waals surface area contributed by atoms with Crippen molar-refractivity contribution in [3.05, 3.63) is 74.1 Å². The smallest absolute Gasteiger partial charge is 0.382 e. The van der Waals surface area contributed by atoms with Crippen molar-refractivity contribution in [2.45, 2.75) is 59.8 Å². The highest BCUT2D eigenvalue weighted by Crippen LogP contribution is 2.58. The third-order valence-corrected chi connectivity index (χ3v) is 16.9. The number of ether oxygens (including phenoxy) is 2. The van der Waals surface area contributed by atoms with Crippen molar-refractivity contribution >= 4 is 92.8 Å². The van der Waals surface area contributed by atoms with Gasteiger partial charge in [-0.1, -0.05) is 33.7 Å². The van der Waals surface area contributed by atoms with Crippen LogP contribution in [0.3, 0.4) is 0 Å². The molecular formula is C34H38N12O10P2S4. The molecule has 9 rings (SSSR count). The van der Waals surface area contributed by atoms with Crippen molar-refractivity contribution in [2.75, 3.05) is 49.4 Å². The van der Waals surface area contributed by atoms with E-state index >= 15 is 0 Å². The standard InChI is InChI=1S/C34H38N12O10P2S4/c35-31-29-33(41-17-39-31)45(19-43-29)27-13-21-24(54-27)16-52-58(48,50-10-12-60-62-26-6-2-4-8-38-26)56-22-14-28(46-20-44-30-32(36)40-18-42-34(30)46)53-23(22)15-51-57(47,55-21)49-9-11-59-61-25-5-1-3-7-37-25/h1-8,17-24,27-28H,9-16H2,(H2,35,39,41)(H2,36,40,42)/t21-,22-,23?,24?,27-,28-,57?,58?/m1/s1. The highest BCUT2D eigenvalue weighted by Gasteiger charge is 2.49. The van der Waals surface area contributed by atoms with Gasteiger partial charge in [0.05, 0.1) is 39.1 Å². The molecular weight excluding hydrogens is 927 g/mol. The molecule has 22 nitrogen and oxygen atoms in total. The van der Waals surface area contributed by atoms with Gasteiger partial charge in [0, 0.05) is 36.7 Å². The van der Waals surface area contributed by atoms with Crippen molar-refractivity contribution in [2.24, 2.45) is 0 Å². The summed E-state index contributed by atoms with van der Waals surface area (Å²) in [6, 6.07) is 11.2. The number of hydrogen-bond donors (Lipinski definition) is 2. The number of rotatable bonds is 14. The van der Waals surface area contributed by atoms with E-state index in [1.54, 1.807) is 21.5 Å². The molecule has 0 aliphatic carbocycles. The summed E-state index contributed by atoms with van der Waals surface area (Å²) in [5.41, 5.74) is 13.7. The summed E-state index contributed by atoms with van der Waals surface area (Å²) < 4.78 is 82.5. The Labute approximate surface area is 369 Å². The fourth-order valence-electron chi connectivity index (χ4n) is 6.65. The molecule has 3 aliphatic heterocycles. The largest absolute Gasteiger partial charge is 0.475 e. The van der Waals surface area contributed by atoms with Gasteiger partial charge in [-0.15, -0.1) is 0 Å². The summed E-state index contributed by atoms with van der Waals surface area (Å²) in [4.78, 5) is 34.1. The summed E-state index contributed by atoms with van der Waals surface area (Å²) in [6.07, 6.45) is 3.73. The molecule has 4 N–H and O–H groups in total. The Kier molecular flexibility index (Phi) is 13.9. The summed E-state index contributed by atoms with van der Waals surface area (Å²) in [5.74, 6) is 1.18. The van der Waals surface area contributed by atoms with E-state index in [0.29, 0.717) is 33.8 Å². The van der Waals surface area contributed by atoms with Crippen LogP contribution in [0.4, 0.5) is 11.6 Å². The Balaban J connectivity index is 0.976. The zero-order valence-corrected chi connectivity index (χ0v) is 37.3. The second-order valence-electron chi connectivity index (χ2n) is 13.5. The first-order valence-corrected chi connectivity index (χ1v) is 26.5. The maximum absolute atomic E-state index is 14.8. The van der Waals surface area contributed by atoms with Crippen LogP contribution in [-0.4, -0.2) is 111 Å². The zero-order chi connectivity index (χ0) is 42.5. The number of nitrogens with two attached hydrogens (primary N) is 2. The molecule has 62 heavy (non-hydrogen) atoms. The Morgan fingerprint density at radius 1 is 0.629 bits per heavy atom. The van der Waals surface area contributed by atoms with Crippen molar-refractivity contribution in [1.82, 2.24) is 49.0 Å². The Morgan fingerprint density at radius 3 is 1.53 bits per heavy atom. The van der Waals surface area contributed by atoms with E-state index in [2.05, 4.69) is 39.9 Å². The van der Waals surface area contributed by atoms with Gasteiger partial charge >= 0.3 is 15.6 Å². The number of hydrogen-bond acceptors (Lipinski definition) is 24. The molecule has 0 radical (unpaired) electrons. The number of nitrogens with zero attached hydrogens (tertiary/aromatic N) is 10. The number of phosphoric acid groups is 2. The van der Waals surface area contributed by atoms with Crippen LogP contribution in [0.15, 0.2) is 84.2 Å². The Hall–Kier alpha value is -3.46. The van der Waals surface area contributed by atoms with Gasteiger partial charge < -0.3 is 20.9 Å². The number of aromatic nitrogens is 10. The quantitative estimate of drug-likeness (QED) is 0.0704. The predicted molar refractivity (Wildman–Crippen MR) is 230 cm³/mol. The Bertz CT molecular complexity index is 2380.